The van der Waals surface area contributed by atoms with Crippen LogP contribution in [-0.2, 0) is 16.0 Å². The number of carbonyl (C=O) groups excluding carboxylic acids is 3. The molecule has 1 aliphatic heterocycles. The van der Waals surface area contributed by atoms with E-state index in [1.54, 1.807) is 30.1 Å². The Labute approximate surface area is 216 Å². The number of amides is 3. The van der Waals surface area contributed by atoms with Crippen molar-refractivity contribution in [2.24, 2.45) is 0 Å². The first kappa shape index (κ1) is 25.9. The highest BCUT2D eigenvalue weighted by Gasteiger charge is 2.34. The van der Waals surface area contributed by atoms with Gasteiger partial charge in [0.15, 0.2) is 0 Å². The summed E-state index contributed by atoms with van der Waals surface area (Å²) < 4.78 is 1.92. The van der Waals surface area contributed by atoms with Crippen LogP contribution in [0.5, 0.6) is 0 Å². The van der Waals surface area contributed by atoms with Crippen molar-refractivity contribution in [2.75, 3.05) is 31.7 Å². The summed E-state index contributed by atoms with van der Waals surface area (Å²) >= 11 is 0. The monoisotopic (exact) mass is 503 g/mol. The number of nitrogens with zero attached hydrogens (tertiary/aromatic N) is 5. The van der Waals surface area contributed by atoms with E-state index in [9.17, 15) is 14.4 Å². The summed E-state index contributed by atoms with van der Waals surface area (Å²) in [5, 5.41) is 3.48. The van der Waals surface area contributed by atoms with Crippen molar-refractivity contribution in [3.8, 4) is 0 Å². The first-order valence-corrected chi connectivity index (χ1v) is 12.2. The van der Waals surface area contributed by atoms with Gasteiger partial charge in [-0.15, -0.1) is 0 Å². The molecule has 194 valence electrons. The number of likely N-dealkylation sites (tertiary alicyclic amines) is 1. The zero-order valence-electron chi connectivity index (χ0n) is 21.9. The Morgan fingerprint density at radius 3 is 2.62 bits per heavy atom. The van der Waals surface area contributed by atoms with Gasteiger partial charge in [-0.2, -0.15) is 0 Å². The number of aromatic nitrogens is 3. The first-order valence-electron chi connectivity index (χ1n) is 12.2. The Morgan fingerprint density at radius 2 is 1.95 bits per heavy atom. The van der Waals surface area contributed by atoms with E-state index in [0.29, 0.717) is 41.7 Å². The standard InChI is InChI=1S/C27H33N7O3/c1-7-22(35)33-12-19(10-15(33)2)34-13-20(24-25(28)29-14-30-26(24)34)27(37)31-21-9-8-18(16(3)17(21)4)11-23(36)32(5)6/h7-9,13-15,19H,1,10-12H2,2-6H3,(H,31,37)(H2,28,29,30)/t15-,19+/m0/s1. The van der Waals surface area contributed by atoms with Crippen molar-refractivity contribution in [3.05, 3.63) is 59.6 Å². The Bertz CT molecular complexity index is 1410. The largest absolute Gasteiger partial charge is 0.383 e. The summed E-state index contributed by atoms with van der Waals surface area (Å²) in [5.74, 6) is -0.239. The average Bonchev–Trinajstić information content (AvgIpc) is 3.44. The minimum absolute atomic E-state index is 0.0113. The van der Waals surface area contributed by atoms with Crippen molar-refractivity contribution in [3.63, 3.8) is 0 Å². The Morgan fingerprint density at radius 1 is 1.22 bits per heavy atom. The number of benzene rings is 1. The molecule has 3 heterocycles. The van der Waals surface area contributed by atoms with E-state index in [1.807, 2.05) is 37.5 Å². The van der Waals surface area contributed by atoms with Crippen LogP contribution in [0.4, 0.5) is 11.5 Å². The fraction of sp³-hybridized carbons (Fsp3) is 0.370. The summed E-state index contributed by atoms with van der Waals surface area (Å²) in [7, 11) is 3.46. The lowest BCUT2D eigenvalue weighted by Crippen LogP contribution is -2.32. The van der Waals surface area contributed by atoms with Gasteiger partial charge in [0.1, 0.15) is 17.8 Å². The van der Waals surface area contributed by atoms with Crippen LogP contribution in [0, 0.1) is 13.8 Å². The molecule has 37 heavy (non-hydrogen) atoms. The van der Waals surface area contributed by atoms with Crippen LogP contribution in [0.15, 0.2) is 37.3 Å². The number of nitrogens with two attached hydrogens (primary N) is 1. The number of carbonyl (C=O) groups is 3. The van der Waals surface area contributed by atoms with Crippen LogP contribution in [-0.4, -0.2) is 68.7 Å². The van der Waals surface area contributed by atoms with Gasteiger partial charge in [0.2, 0.25) is 11.8 Å². The highest BCUT2D eigenvalue weighted by atomic mass is 16.2. The van der Waals surface area contributed by atoms with Crippen LogP contribution in [0.1, 0.15) is 46.4 Å². The van der Waals surface area contributed by atoms with Gasteiger partial charge in [-0.1, -0.05) is 12.6 Å². The Kier molecular flexibility index (Phi) is 7.02. The molecule has 3 N–H and O–H groups in total. The zero-order valence-corrected chi connectivity index (χ0v) is 21.9. The van der Waals surface area contributed by atoms with Gasteiger partial charge in [0.25, 0.3) is 5.91 Å². The molecule has 1 saturated heterocycles. The number of fused-ring (bicyclic) bond motifs is 1. The number of hydrogen-bond acceptors (Lipinski definition) is 6. The van der Waals surface area contributed by atoms with Crippen molar-refractivity contribution in [2.45, 2.75) is 45.7 Å². The lowest BCUT2D eigenvalue weighted by molar-refractivity contribution is -0.128. The quantitative estimate of drug-likeness (QED) is 0.498. The lowest BCUT2D eigenvalue weighted by atomic mass is 9.98. The third kappa shape index (κ3) is 4.78. The third-order valence-electron chi connectivity index (χ3n) is 7.28. The Balaban J connectivity index is 1.66. The fourth-order valence-corrected chi connectivity index (χ4v) is 4.90. The van der Waals surface area contributed by atoms with Gasteiger partial charge in [0, 0.05) is 38.6 Å². The van der Waals surface area contributed by atoms with E-state index >= 15 is 0 Å². The minimum Gasteiger partial charge on any atom is -0.383 e. The first-order chi connectivity index (χ1) is 17.5. The Hall–Kier alpha value is -4.21. The summed E-state index contributed by atoms with van der Waals surface area (Å²) in [6.45, 7) is 9.93. The highest BCUT2D eigenvalue weighted by Crippen LogP contribution is 2.34. The predicted octanol–water partition coefficient (Wildman–Crippen LogP) is 2.86. The third-order valence-corrected chi connectivity index (χ3v) is 7.28. The number of anilines is 2. The molecule has 3 amide bonds. The molecular weight excluding hydrogens is 470 g/mol. The van der Waals surface area contributed by atoms with Gasteiger partial charge < -0.3 is 25.4 Å². The number of hydrogen-bond donors (Lipinski definition) is 2. The van der Waals surface area contributed by atoms with E-state index in [4.69, 9.17) is 5.73 Å². The fourth-order valence-electron chi connectivity index (χ4n) is 4.90. The van der Waals surface area contributed by atoms with Crippen molar-refractivity contribution >= 4 is 40.3 Å². The summed E-state index contributed by atoms with van der Waals surface area (Å²) in [4.78, 5) is 49.9. The van der Waals surface area contributed by atoms with E-state index in [2.05, 4.69) is 21.9 Å². The maximum absolute atomic E-state index is 13.5. The molecule has 0 unspecified atom stereocenters. The molecular formula is C27H33N7O3. The maximum atomic E-state index is 13.5. The van der Waals surface area contributed by atoms with E-state index in [-0.39, 0.29) is 35.6 Å². The molecule has 1 aromatic carbocycles. The summed E-state index contributed by atoms with van der Waals surface area (Å²) in [5.41, 5.74) is 10.5. The molecule has 3 aromatic rings. The molecule has 1 fully saturated rings. The van der Waals surface area contributed by atoms with E-state index in [0.717, 1.165) is 16.7 Å². The number of rotatable bonds is 6. The van der Waals surface area contributed by atoms with Gasteiger partial charge in [-0.3, -0.25) is 14.4 Å². The molecule has 10 nitrogen and oxygen atoms in total. The topological polar surface area (TPSA) is 126 Å². The van der Waals surface area contributed by atoms with Crippen LogP contribution in [0.3, 0.4) is 0 Å². The van der Waals surface area contributed by atoms with E-state index in [1.165, 1.54) is 12.4 Å². The molecule has 0 radical (unpaired) electrons. The SMILES string of the molecule is C=CC(=O)N1C[C@H](n2cc(C(=O)Nc3ccc(CC(=O)N(C)C)c(C)c3C)c3c(N)ncnc32)C[C@@H]1C. The molecule has 2 atom stereocenters. The van der Waals surface area contributed by atoms with Gasteiger partial charge in [0.05, 0.1) is 23.4 Å². The number of nitrogen functional groups attached to an aromatic ring is 1. The molecule has 2 aromatic heterocycles. The van der Waals surface area contributed by atoms with Gasteiger partial charge in [-0.05, 0) is 56.0 Å². The average molecular weight is 504 g/mol. The molecule has 0 aliphatic carbocycles. The molecule has 0 bridgehead atoms. The van der Waals surface area contributed by atoms with Crippen LogP contribution >= 0.6 is 0 Å². The summed E-state index contributed by atoms with van der Waals surface area (Å²) in [6, 6.07) is 3.63. The highest BCUT2D eigenvalue weighted by molar-refractivity contribution is 6.15. The van der Waals surface area contributed by atoms with E-state index < -0.39 is 0 Å². The zero-order chi connectivity index (χ0) is 27.0. The molecule has 4 rings (SSSR count). The molecule has 1 aliphatic rings. The van der Waals surface area contributed by atoms with Crippen molar-refractivity contribution in [1.82, 2.24) is 24.3 Å². The second kappa shape index (κ2) is 10.0. The van der Waals surface area contributed by atoms with Crippen molar-refractivity contribution in [1.29, 1.82) is 0 Å². The van der Waals surface area contributed by atoms with Gasteiger partial charge in [-0.25, -0.2) is 9.97 Å². The van der Waals surface area contributed by atoms with Crippen LogP contribution in [0.2, 0.25) is 0 Å². The second-order valence-corrected chi connectivity index (χ2v) is 9.78. The second-order valence-electron chi connectivity index (χ2n) is 9.78. The van der Waals surface area contributed by atoms with Crippen molar-refractivity contribution < 1.29 is 14.4 Å². The number of likely N-dealkylation sites (N-methyl/N-ethyl adjacent to an activating group) is 1. The molecule has 0 saturated carbocycles. The van der Waals surface area contributed by atoms with Crippen LogP contribution < -0.4 is 11.1 Å². The number of nitrogens with one attached hydrogen (secondary N) is 1. The van der Waals surface area contributed by atoms with Gasteiger partial charge >= 0.3 is 0 Å². The predicted molar refractivity (Wildman–Crippen MR) is 143 cm³/mol. The normalized spacial score (nSPS) is 17.2. The van der Waals surface area contributed by atoms with Crippen LogP contribution in [0.25, 0.3) is 11.0 Å². The smallest absolute Gasteiger partial charge is 0.258 e. The molecule has 0 spiro atoms. The minimum atomic E-state index is -0.338. The summed E-state index contributed by atoms with van der Waals surface area (Å²) in [6.07, 6.45) is 5.44. The molecule has 10 heteroatoms. The maximum Gasteiger partial charge on any atom is 0.258 e. The lowest BCUT2D eigenvalue weighted by Gasteiger charge is -2.19.